The van der Waals surface area contributed by atoms with Gasteiger partial charge in [0.25, 0.3) is 5.91 Å². The summed E-state index contributed by atoms with van der Waals surface area (Å²) in [6.07, 6.45) is 1.47. The largest absolute Gasteiger partial charge is 0.548 e. The van der Waals surface area contributed by atoms with Gasteiger partial charge >= 0.3 is 5.97 Å². The molecule has 1 aromatic heterocycles. The number of nitrogens with zero attached hydrogens (tertiary/aromatic N) is 1. The summed E-state index contributed by atoms with van der Waals surface area (Å²) < 4.78 is 10.6. The Bertz CT molecular complexity index is 978. The van der Waals surface area contributed by atoms with E-state index in [4.69, 9.17) is 21.4 Å². The molecule has 138 valence electrons. The molecule has 1 amide bonds. The maximum atomic E-state index is 12.3. The van der Waals surface area contributed by atoms with Gasteiger partial charge in [-0.25, -0.2) is 4.79 Å². The number of carbonyl (C=O) groups excluding carboxylic acids is 3. The molecule has 1 aromatic carbocycles. The van der Waals surface area contributed by atoms with Gasteiger partial charge in [-0.1, -0.05) is 42.2 Å². The predicted molar refractivity (Wildman–Crippen MR) is 100 cm³/mol. The van der Waals surface area contributed by atoms with Crippen LogP contribution in [0.25, 0.3) is 17.4 Å². The average Bonchev–Trinajstić information content (AvgIpc) is 3.21. The molecule has 0 spiro atoms. The van der Waals surface area contributed by atoms with Crippen molar-refractivity contribution < 1.29 is 28.6 Å². The van der Waals surface area contributed by atoms with E-state index in [0.717, 1.165) is 16.7 Å². The number of rotatable bonds is 5. The minimum Gasteiger partial charge on any atom is -0.548 e. The van der Waals surface area contributed by atoms with Crippen LogP contribution in [0.5, 0.6) is 0 Å². The fourth-order valence-electron chi connectivity index (χ4n) is 2.46. The fourth-order valence-corrected chi connectivity index (χ4v) is 3.69. The number of thioether (sulfide) groups is 1. The number of carboxylic acid groups (broad SMARTS) is 1. The Labute approximate surface area is 163 Å². The molecule has 0 aliphatic carbocycles. The number of amides is 1. The zero-order chi connectivity index (χ0) is 19.6. The van der Waals surface area contributed by atoms with E-state index in [1.165, 1.54) is 13.2 Å². The van der Waals surface area contributed by atoms with Crippen LogP contribution in [0.15, 0.2) is 45.7 Å². The summed E-state index contributed by atoms with van der Waals surface area (Å²) in [5.41, 5.74) is 0.898. The number of furan rings is 1. The summed E-state index contributed by atoms with van der Waals surface area (Å²) in [5.74, 6) is -1.63. The molecule has 0 atom stereocenters. The first-order valence-electron chi connectivity index (χ1n) is 7.63. The molecule has 27 heavy (non-hydrogen) atoms. The van der Waals surface area contributed by atoms with Crippen LogP contribution in [-0.2, 0) is 14.3 Å². The highest BCUT2D eigenvalue weighted by molar-refractivity contribution is 8.26. The van der Waals surface area contributed by atoms with Crippen LogP contribution in [0.2, 0.25) is 0 Å². The summed E-state index contributed by atoms with van der Waals surface area (Å²) in [7, 11) is 1.29. The number of carboxylic acids is 1. The highest BCUT2D eigenvalue weighted by atomic mass is 32.2. The lowest BCUT2D eigenvalue weighted by Gasteiger charge is -2.14. The minimum atomic E-state index is -1.40. The Balaban J connectivity index is 1.89. The molecule has 3 rings (SSSR count). The van der Waals surface area contributed by atoms with Gasteiger partial charge in [0.05, 0.1) is 30.1 Å². The van der Waals surface area contributed by atoms with Crippen molar-refractivity contribution in [3.05, 3.63) is 52.6 Å². The SMILES string of the molecule is COC(=O)c1ccccc1-c1ccc(/C=C2\SC(=S)N(CC(=O)[O-])C2=O)o1. The maximum Gasteiger partial charge on any atom is 0.338 e. The second kappa shape index (κ2) is 7.77. The predicted octanol–water partition coefficient (Wildman–Crippen LogP) is 1.68. The topological polar surface area (TPSA) is 99.9 Å². The van der Waals surface area contributed by atoms with Gasteiger partial charge in [0.2, 0.25) is 0 Å². The third kappa shape index (κ3) is 3.93. The third-order valence-corrected chi connectivity index (χ3v) is 5.04. The molecule has 0 radical (unpaired) electrons. The van der Waals surface area contributed by atoms with E-state index in [1.54, 1.807) is 36.4 Å². The van der Waals surface area contributed by atoms with Crippen LogP contribution in [0.1, 0.15) is 16.1 Å². The van der Waals surface area contributed by atoms with Crippen LogP contribution >= 0.6 is 24.0 Å². The molecular formula is C18H12NO6S2-. The quantitative estimate of drug-likeness (QED) is 0.423. The van der Waals surface area contributed by atoms with Gasteiger partial charge in [0.1, 0.15) is 15.8 Å². The maximum absolute atomic E-state index is 12.3. The molecule has 1 fully saturated rings. The highest BCUT2D eigenvalue weighted by Gasteiger charge is 2.32. The number of ether oxygens (including phenoxy) is 1. The summed E-state index contributed by atoms with van der Waals surface area (Å²) in [4.78, 5) is 36.1. The minimum absolute atomic E-state index is 0.137. The van der Waals surface area contributed by atoms with Crippen LogP contribution < -0.4 is 5.11 Å². The number of hydrogen-bond acceptors (Lipinski definition) is 8. The van der Waals surface area contributed by atoms with Gasteiger partial charge < -0.3 is 19.1 Å². The van der Waals surface area contributed by atoms with Gasteiger partial charge in [-0.05, 0) is 18.2 Å². The van der Waals surface area contributed by atoms with Crippen LogP contribution in [0.3, 0.4) is 0 Å². The number of thiocarbonyl (C=S) groups is 1. The number of methoxy groups -OCH3 is 1. The van der Waals surface area contributed by atoms with E-state index in [1.807, 2.05) is 0 Å². The van der Waals surface area contributed by atoms with Gasteiger partial charge in [0, 0.05) is 11.6 Å². The van der Waals surface area contributed by atoms with Crippen molar-refractivity contribution in [1.29, 1.82) is 0 Å². The molecule has 2 heterocycles. The highest BCUT2D eigenvalue weighted by Crippen LogP contribution is 2.34. The van der Waals surface area contributed by atoms with Crippen molar-refractivity contribution in [2.24, 2.45) is 0 Å². The third-order valence-electron chi connectivity index (χ3n) is 3.66. The zero-order valence-electron chi connectivity index (χ0n) is 14.0. The second-order valence-electron chi connectivity index (χ2n) is 5.38. The number of aliphatic carboxylic acids is 1. The van der Waals surface area contributed by atoms with Gasteiger partial charge in [-0.15, -0.1) is 0 Å². The lowest BCUT2D eigenvalue weighted by atomic mass is 10.1. The lowest BCUT2D eigenvalue weighted by Crippen LogP contribution is -2.40. The molecule has 2 aromatic rings. The van der Waals surface area contributed by atoms with E-state index in [2.05, 4.69) is 0 Å². The molecule has 1 aliphatic rings. The molecule has 0 unspecified atom stereocenters. The monoisotopic (exact) mass is 402 g/mol. The Morgan fingerprint density at radius 3 is 2.74 bits per heavy atom. The first kappa shape index (κ1) is 18.9. The van der Waals surface area contributed by atoms with Crippen LogP contribution in [0.4, 0.5) is 0 Å². The summed E-state index contributed by atoms with van der Waals surface area (Å²) in [6, 6.07) is 10.1. The normalized spacial score (nSPS) is 15.4. The first-order valence-corrected chi connectivity index (χ1v) is 8.86. The van der Waals surface area contributed by atoms with E-state index in [-0.39, 0.29) is 9.23 Å². The molecule has 1 saturated heterocycles. The standard InChI is InChI=1S/C18H13NO6S2/c1-24-17(23)12-5-3-2-4-11(12)13-7-6-10(25-13)8-14-16(22)19(9-15(20)21)18(26)27-14/h2-8H,9H2,1H3,(H,20,21)/p-1/b14-8-. The average molecular weight is 402 g/mol. The Kier molecular flexibility index (Phi) is 5.43. The van der Waals surface area contributed by atoms with Crippen molar-refractivity contribution in [2.45, 2.75) is 0 Å². The molecule has 9 heteroatoms. The Morgan fingerprint density at radius 2 is 2.04 bits per heavy atom. The van der Waals surface area contributed by atoms with Crippen molar-refractivity contribution in [2.75, 3.05) is 13.7 Å². The molecule has 1 aliphatic heterocycles. The number of carbonyl (C=O) groups is 3. The number of benzene rings is 1. The van der Waals surface area contributed by atoms with Crippen molar-refractivity contribution in [3.63, 3.8) is 0 Å². The van der Waals surface area contributed by atoms with Crippen molar-refractivity contribution in [3.8, 4) is 11.3 Å². The van der Waals surface area contributed by atoms with E-state index >= 15 is 0 Å². The molecule has 0 saturated carbocycles. The zero-order valence-corrected chi connectivity index (χ0v) is 15.6. The first-order chi connectivity index (χ1) is 12.9. The summed E-state index contributed by atoms with van der Waals surface area (Å²) in [6.45, 7) is -0.599. The van der Waals surface area contributed by atoms with E-state index < -0.39 is 24.4 Å². The Hall–Kier alpha value is -2.91. The van der Waals surface area contributed by atoms with Crippen LogP contribution in [-0.4, -0.2) is 40.7 Å². The lowest BCUT2D eigenvalue weighted by molar-refractivity contribution is -0.305. The van der Waals surface area contributed by atoms with Crippen molar-refractivity contribution >= 4 is 52.2 Å². The summed E-state index contributed by atoms with van der Waals surface area (Å²) >= 11 is 6.00. The fraction of sp³-hybridized carbons (Fsp3) is 0.111. The Morgan fingerprint density at radius 1 is 1.30 bits per heavy atom. The molecule has 0 N–H and O–H groups in total. The van der Waals surface area contributed by atoms with E-state index in [0.29, 0.717) is 22.6 Å². The van der Waals surface area contributed by atoms with Crippen molar-refractivity contribution in [1.82, 2.24) is 4.90 Å². The van der Waals surface area contributed by atoms with Gasteiger partial charge in [-0.3, -0.25) is 9.69 Å². The number of hydrogen-bond donors (Lipinski definition) is 0. The van der Waals surface area contributed by atoms with Crippen LogP contribution in [0, 0.1) is 0 Å². The molecule has 0 bridgehead atoms. The smallest absolute Gasteiger partial charge is 0.338 e. The molecule has 7 nitrogen and oxygen atoms in total. The van der Waals surface area contributed by atoms with E-state index in [9.17, 15) is 19.5 Å². The van der Waals surface area contributed by atoms with Gasteiger partial charge in [0.15, 0.2) is 0 Å². The number of esters is 1. The summed E-state index contributed by atoms with van der Waals surface area (Å²) in [5, 5.41) is 10.7. The molecular weight excluding hydrogens is 390 g/mol. The van der Waals surface area contributed by atoms with Gasteiger partial charge in [-0.2, -0.15) is 0 Å². The second-order valence-corrected chi connectivity index (χ2v) is 7.05.